The molecule has 1 amide bonds. The maximum atomic E-state index is 12.1. The lowest BCUT2D eigenvalue weighted by Gasteiger charge is -2.28. The van der Waals surface area contributed by atoms with Crippen molar-refractivity contribution in [3.8, 4) is 5.75 Å². The zero-order chi connectivity index (χ0) is 17.6. The van der Waals surface area contributed by atoms with E-state index in [1.54, 1.807) is 16.7 Å². The quantitative estimate of drug-likeness (QED) is 0.770. The number of hydrogen-bond donors (Lipinski definition) is 1. The van der Waals surface area contributed by atoms with Crippen molar-refractivity contribution in [1.82, 2.24) is 4.90 Å². The van der Waals surface area contributed by atoms with Crippen LogP contribution in [-0.2, 0) is 15.6 Å². The third-order valence-corrected chi connectivity index (χ3v) is 5.14. The lowest BCUT2D eigenvalue weighted by Crippen LogP contribution is -2.19. The molecule has 0 saturated carbocycles. The Morgan fingerprint density at radius 3 is 1.91 bits per heavy atom. The van der Waals surface area contributed by atoms with E-state index in [2.05, 4.69) is 41.5 Å². The van der Waals surface area contributed by atoms with Crippen molar-refractivity contribution >= 4 is 23.7 Å². The van der Waals surface area contributed by atoms with Gasteiger partial charge in [0.05, 0.1) is 10.8 Å². The Morgan fingerprint density at radius 1 is 1.09 bits per heavy atom. The first kappa shape index (κ1) is 17.9. The minimum Gasteiger partial charge on any atom is -0.507 e. The van der Waals surface area contributed by atoms with E-state index in [1.165, 1.54) is 0 Å². The van der Waals surface area contributed by atoms with Gasteiger partial charge in [-0.05, 0) is 34.6 Å². The van der Waals surface area contributed by atoms with E-state index < -0.39 is 0 Å². The van der Waals surface area contributed by atoms with Crippen molar-refractivity contribution in [2.45, 2.75) is 52.4 Å². The van der Waals surface area contributed by atoms with Crippen molar-refractivity contribution in [2.75, 3.05) is 12.9 Å². The predicted molar refractivity (Wildman–Crippen MR) is 98.7 cm³/mol. The molecule has 1 aliphatic rings. The molecule has 0 spiro atoms. The minimum atomic E-state index is -0.164. The fraction of sp³-hybridized carbons (Fsp3) is 0.526. The average Bonchev–Trinajstić information content (AvgIpc) is 2.70. The number of hydrogen-bond acceptors (Lipinski definition) is 3. The first-order valence-electron chi connectivity index (χ1n) is 7.89. The fourth-order valence-electron chi connectivity index (χ4n) is 2.61. The van der Waals surface area contributed by atoms with Crippen LogP contribution in [0.2, 0.25) is 0 Å². The molecular formula is C19H27NO2S. The highest BCUT2D eigenvalue weighted by atomic mass is 32.2. The zero-order valence-electron chi connectivity index (χ0n) is 15.2. The van der Waals surface area contributed by atoms with Gasteiger partial charge in [0.2, 0.25) is 0 Å². The highest BCUT2D eigenvalue weighted by Crippen LogP contribution is 2.40. The maximum Gasteiger partial charge on any atom is 0.260 e. The van der Waals surface area contributed by atoms with Gasteiger partial charge < -0.3 is 10.0 Å². The molecule has 1 N–H and O–H groups in total. The van der Waals surface area contributed by atoms with Crippen molar-refractivity contribution < 1.29 is 9.90 Å². The van der Waals surface area contributed by atoms with Crippen LogP contribution < -0.4 is 0 Å². The number of carbonyl (C=O) groups excluding carboxylic acids is 1. The third-order valence-electron chi connectivity index (χ3n) is 4.02. The molecule has 0 bridgehead atoms. The van der Waals surface area contributed by atoms with Crippen LogP contribution in [0, 0.1) is 0 Å². The van der Waals surface area contributed by atoms with E-state index in [-0.39, 0.29) is 16.7 Å². The van der Waals surface area contributed by atoms with E-state index in [0.29, 0.717) is 11.6 Å². The molecule has 23 heavy (non-hydrogen) atoms. The van der Waals surface area contributed by atoms with Gasteiger partial charge in [0.1, 0.15) is 5.75 Å². The van der Waals surface area contributed by atoms with E-state index >= 15 is 0 Å². The molecule has 2 rings (SSSR count). The van der Waals surface area contributed by atoms with Gasteiger partial charge >= 0.3 is 0 Å². The molecule has 0 aromatic heterocycles. The lowest BCUT2D eigenvalue weighted by molar-refractivity contribution is -0.123. The summed E-state index contributed by atoms with van der Waals surface area (Å²) in [7, 11) is 1.81. The third kappa shape index (κ3) is 3.74. The van der Waals surface area contributed by atoms with Crippen LogP contribution in [-0.4, -0.2) is 28.8 Å². The Balaban J connectivity index is 2.62. The molecule has 3 nitrogen and oxygen atoms in total. The molecule has 1 heterocycles. The Labute approximate surface area is 143 Å². The SMILES string of the molecule is CN1CS/C(=C/c2cc(C(C)(C)C)c(O)c(C(C)(C)C)c2)C1=O. The second-order valence-corrected chi connectivity index (χ2v) is 9.24. The molecule has 1 fully saturated rings. The molecule has 0 unspecified atom stereocenters. The number of nitrogens with zero attached hydrogens (tertiary/aromatic N) is 1. The summed E-state index contributed by atoms with van der Waals surface area (Å²) in [6.45, 7) is 12.6. The maximum absolute atomic E-state index is 12.1. The van der Waals surface area contributed by atoms with Crippen LogP contribution in [0.15, 0.2) is 17.0 Å². The molecule has 1 saturated heterocycles. The molecule has 4 heteroatoms. The van der Waals surface area contributed by atoms with E-state index in [4.69, 9.17) is 0 Å². The summed E-state index contributed by atoms with van der Waals surface area (Å²) in [4.78, 5) is 14.6. The first-order chi connectivity index (χ1) is 10.4. The highest BCUT2D eigenvalue weighted by molar-refractivity contribution is 8.04. The summed E-state index contributed by atoms with van der Waals surface area (Å²) >= 11 is 1.56. The Morgan fingerprint density at radius 2 is 1.57 bits per heavy atom. The van der Waals surface area contributed by atoms with Gasteiger partial charge in [0.25, 0.3) is 5.91 Å². The Bertz CT molecular complexity index is 628. The van der Waals surface area contributed by atoms with Crippen molar-refractivity contribution in [3.05, 3.63) is 33.7 Å². The Hall–Kier alpha value is -1.42. The minimum absolute atomic E-state index is 0.0673. The number of benzene rings is 1. The molecule has 0 aliphatic carbocycles. The van der Waals surface area contributed by atoms with Crippen molar-refractivity contribution in [2.24, 2.45) is 0 Å². The Kier molecular flexibility index (Phi) is 4.60. The summed E-state index contributed by atoms with van der Waals surface area (Å²) in [5.41, 5.74) is 2.48. The van der Waals surface area contributed by atoms with Gasteiger partial charge in [-0.25, -0.2) is 0 Å². The first-order valence-corrected chi connectivity index (χ1v) is 8.88. The molecule has 1 aromatic rings. The normalized spacial score (nSPS) is 18.1. The number of rotatable bonds is 1. The largest absolute Gasteiger partial charge is 0.507 e. The second kappa shape index (κ2) is 5.90. The molecule has 126 valence electrons. The van der Waals surface area contributed by atoms with Gasteiger partial charge in [-0.2, -0.15) is 0 Å². The molecule has 0 atom stereocenters. The fourth-order valence-corrected chi connectivity index (χ4v) is 3.56. The zero-order valence-corrected chi connectivity index (χ0v) is 16.0. The average molecular weight is 333 g/mol. The smallest absolute Gasteiger partial charge is 0.260 e. The second-order valence-electron chi connectivity index (χ2n) is 8.25. The summed E-state index contributed by atoms with van der Waals surface area (Å²) in [5.74, 6) is 1.13. The number of amides is 1. The summed E-state index contributed by atoms with van der Waals surface area (Å²) in [6.07, 6.45) is 1.94. The number of carbonyl (C=O) groups is 1. The standard InChI is InChI=1S/C19H27NO2S/c1-18(2,3)13-8-12(9-14(16(13)21)19(4,5)6)10-15-17(22)20(7)11-23-15/h8-10,21H,11H2,1-7H3/b15-10+. The van der Waals surface area contributed by atoms with E-state index in [1.807, 2.05) is 25.3 Å². The van der Waals surface area contributed by atoms with E-state index in [9.17, 15) is 9.90 Å². The topological polar surface area (TPSA) is 40.5 Å². The van der Waals surface area contributed by atoms with Crippen LogP contribution in [0.1, 0.15) is 58.2 Å². The predicted octanol–water partition coefficient (Wildman–Crippen LogP) is 4.49. The van der Waals surface area contributed by atoms with Crippen LogP contribution in [0.3, 0.4) is 0 Å². The van der Waals surface area contributed by atoms with E-state index in [0.717, 1.165) is 21.6 Å². The number of likely N-dealkylation sites (N-methyl/N-ethyl adjacent to an activating group) is 1. The monoisotopic (exact) mass is 333 g/mol. The molecule has 1 aliphatic heterocycles. The summed E-state index contributed by atoms with van der Waals surface area (Å²) in [6, 6.07) is 4.01. The number of phenols is 1. The summed E-state index contributed by atoms with van der Waals surface area (Å²) < 4.78 is 0. The van der Waals surface area contributed by atoms with Crippen molar-refractivity contribution in [3.63, 3.8) is 0 Å². The molecule has 1 aromatic carbocycles. The van der Waals surface area contributed by atoms with Gasteiger partial charge in [-0.15, -0.1) is 0 Å². The lowest BCUT2D eigenvalue weighted by atomic mass is 9.78. The molecular weight excluding hydrogens is 306 g/mol. The van der Waals surface area contributed by atoms with Gasteiger partial charge in [-0.3, -0.25) is 4.79 Å². The van der Waals surface area contributed by atoms with Crippen LogP contribution in [0.25, 0.3) is 6.08 Å². The van der Waals surface area contributed by atoms with Crippen LogP contribution >= 0.6 is 11.8 Å². The number of phenolic OH excluding ortho intramolecular Hbond substituents is 1. The van der Waals surface area contributed by atoms with Crippen molar-refractivity contribution in [1.29, 1.82) is 0 Å². The highest BCUT2D eigenvalue weighted by Gasteiger charge is 2.27. The van der Waals surface area contributed by atoms with Gasteiger partial charge in [0, 0.05) is 18.2 Å². The van der Waals surface area contributed by atoms with Crippen LogP contribution in [0.4, 0.5) is 0 Å². The number of aromatic hydroxyl groups is 1. The van der Waals surface area contributed by atoms with Gasteiger partial charge in [0.15, 0.2) is 0 Å². The summed E-state index contributed by atoms with van der Waals surface area (Å²) in [5, 5.41) is 10.7. The van der Waals surface area contributed by atoms with Crippen LogP contribution in [0.5, 0.6) is 5.75 Å². The van der Waals surface area contributed by atoms with Gasteiger partial charge in [-0.1, -0.05) is 53.3 Å². The number of thioether (sulfide) groups is 1. The molecule has 0 radical (unpaired) electrons.